The largest absolute Gasteiger partial charge is 0.367 e. The molecule has 2 bridgehead atoms. The van der Waals surface area contributed by atoms with Crippen molar-refractivity contribution in [1.29, 1.82) is 5.26 Å². The average molecular weight is 416 g/mol. The molecule has 0 aromatic carbocycles. The lowest BCUT2D eigenvalue weighted by atomic mass is 9.58. The zero-order chi connectivity index (χ0) is 21.3. The van der Waals surface area contributed by atoms with Crippen LogP contribution in [0.5, 0.6) is 0 Å². The Kier molecular flexibility index (Phi) is 4.00. The maximum absolute atomic E-state index is 9.47. The third-order valence-corrected chi connectivity index (χ3v) is 8.14. The van der Waals surface area contributed by atoms with Gasteiger partial charge in [0, 0.05) is 68.0 Å². The van der Waals surface area contributed by atoms with Crippen LogP contribution in [0.2, 0.25) is 0 Å². The normalized spacial score (nSPS) is 29.8. The Hall–Kier alpha value is -2.85. The zero-order valence-corrected chi connectivity index (χ0v) is 18.4. The van der Waals surface area contributed by atoms with E-state index in [1.807, 2.05) is 34.8 Å². The van der Waals surface area contributed by atoms with E-state index in [9.17, 15) is 5.26 Å². The fourth-order valence-electron chi connectivity index (χ4n) is 6.26. The highest BCUT2D eigenvalue weighted by Crippen LogP contribution is 2.52. The van der Waals surface area contributed by atoms with Crippen molar-refractivity contribution in [2.45, 2.75) is 51.2 Å². The lowest BCUT2D eigenvalue weighted by Crippen LogP contribution is -2.66. The number of aryl methyl sites for hydroxylation is 1. The standard InChI is InChI=1S/C24H29N7/c1-24(2)18(10-25)9-23(24)31-19-4-5-20(31)15-29(14-19)21-6-7-26-30-13-16(8-22(21)30)17-11-27-28(3)12-17/h6-8,11-13,18-20,23H,4-5,9,14-15H2,1-3H3. The molecule has 4 unspecified atom stereocenters. The second-order valence-corrected chi connectivity index (χ2v) is 10.2. The molecule has 6 rings (SSSR count). The summed E-state index contributed by atoms with van der Waals surface area (Å²) in [5.41, 5.74) is 4.78. The molecule has 0 amide bonds. The van der Waals surface area contributed by atoms with Crippen molar-refractivity contribution < 1.29 is 0 Å². The number of piperazine rings is 1. The van der Waals surface area contributed by atoms with Gasteiger partial charge in [0.25, 0.3) is 0 Å². The highest BCUT2D eigenvalue weighted by Gasteiger charge is 2.56. The number of nitrogens with zero attached hydrogens (tertiary/aromatic N) is 7. The average Bonchev–Trinajstić information content (AvgIpc) is 3.43. The van der Waals surface area contributed by atoms with Gasteiger partial charge < -0.3 is 4.90 Å². The molecular formula is C24H29N7. The second-order valence-electron chi connectivity index (χ2n) is 10.2. The smallest absolute Gasteiger partial charge is 0.0886 e. The molecule has 4 atom stereocenters. The Balaban J connectivity index is 1.29. The molecule has 1 saturated carbocycles. The maximum atomic E-state index is 9.47. The van der Waals surface area contributed by atoms with Crippen LogP contribution in [0, 0.1) is 22.7 Å². The minimum atomic E-state index is 0.0991. The van der Waals surface area contributed by atoms with E-state index < -0.39 is 0 Å². The SMILES string of the molecule is Cn1cc(-c2cc3c(N4CC5CCC(C4)N5C4CC(C#N)C4(C)C)ccnn3c2)cn1. The van der Waals surface area contributed by atoms with Crippen LogP contribution in [0.15, 0.2) is 36.9 Å². The van der Waals surface area contributed by atoms with Gasteiger partial charge in [-0.15, -0.1) is 0 Å². The lowest BCUT2D eigenvalue weighted by Gasteiger charge is -2.58. The molecule has 5 heterocycles. The number of hydrogen-bond donors (Lipinski definition) is 0. The summed E-state index contributed by atoms with van der Waals surface area (Å²) >= 11 is 0. The molecule has 31 heavy (non-hydrogen) atoms. The summed E-state index contributed by atoms with van der Waals surface area (Å²) in [5, 5.41) is 18.4. The van der Waals surface area contributed by atoms with Crippen molar-refractivity contribution in [1.82, 2.24) is 24.3 Å². The molecule has 3 aliphatic rings. The number of fused-ring (bicyclic) bond motifs is 3. The van der Waals surface area contributed by atoms with Gasteiger partial charge in [-0.25, -0.2) is 4.52 Å². The molecule has 3 aromatic heterocycles. The van der Waals surface area contributed by atoms with E-state index in [4.69, 9.17) is 0 Å². The highest BCUT2D eigenvalue weighted by atomic mass is 15.4. The van der Waals surface area contributed by atoms with Gasteiger partial charge in [0.1, 0.15) is 0 Å². The Morgan fingerprint density at radius 2 is 1.87 bits per heavy atom. The van der Waals surface area contributed by atoms with Crippen LogP contribution in [0.1, 0.15) is 33.1 Å². The van der Waals surface area contributed by atoms with Gasteiger partial charge in [0.2, 0.25) is 0 Å². The van der Waals surface area contributed by atoms with Crippen molar-refractivity contribution in [3.8, 4) is 17.2 Å². The molecule has 3 aromatic rings. The van der Waals surface area contributed by atoms with Crippen LogP contribution >= 0.6 is 0 Å². The summed E-state index contributed by atoms with van der Waals surface area (Å²) in [6.07, 6.45) is 11.5. The van der Waals surface area contributed by atoms with E-state index in [-0.39, 0.29) is 11.3 Å². The van der Waals surface area contributed by atoms with Gasteiger partial charge >= 0.3 is 0 Å². The van der Waals surface area contributed by atoms with Crippen molar-refractivity contribution in [3.63, 3.8) is 0 Å². The summed E-state index contributed by atoms with van der Waals surface area (Å²) < 4.78 is 3.83. The predicted molar refractivity (Wildman–Crippen MR) is 120 cm³/mol. The van der Waals surface area contributed by atoms with E-state index in [0.717, 1.165) is 36.2 Å². The van der Waals surface area contributed by atoms with E-state index in [2.05, 4.69) is 58.2 Å². The Bertz CT molecular complexity index is 1170. The van der Waals surface area contributed by atoms with Crippen molar-refractivity contribution in [2.75, 3.05) is 18.0 Å². The number of aromatic nitrogens is 4. The zero-order valence-electron chi connectivity index (χ0n) is 18.4. The molecule has 2 aliphatic heterocycles. The Labute approximate surface area is 182 Å². The van der Waals surface area contributed by atoms with E-state index in [1.165, 1.54) is 18.5 Å². The first-order valence-electron chi connectivity index (χ1n) is 11.3. The summed E-state index contributed by atoms with van der Waals surface area (Å²) in [5.74, 6) is 0.196. The molecule has 0 N–H and O–H groups in total. The third kappa shape index (κ3) is 2.74. The predicted octanol–water partition coefficient (Wildman–Crippen LogP) is 3.33. The third-order valence-electron chi connectivity index (χ3n) is 8.14. The van der Waals surface area contributed by atoms with Crippen LogP contribution in [-0.4, -0.2) is 55.5 Å². The summed E-state index contributed by atoms with van der Waals surface area (Å²) in [4.78, 5) is 5.35. The van der Waals surface area contributed by atoms with Crippen LogP contribution in [0.3, 0.4) is 0 Å². The fraction of sp³-hybridized carbons (Fsp3) is 0.542. The first-order chi connectivity index (χ1) is 15.0. The number of hydrogen-bond acceptors (Lipinski definition) is 5. The summed E-state index contributed by atoms with van der Waals surface area (Å²) in [6, 6.07) is 8.62. The maximum Gasteiger partial charge on any atom is 0.0886 e. The minimum Gasteiger partial charge on any atom is -0.367 e. The highest BCUT2D eigenvalue weighted by molar-refractivity contribution is 5.79. The van der Waals surface area contributed by atoms with Gasteiger partial charge in [-0.05, 0) is 36.8 Å². The van der Waals surface area contributed by atoms with Crippen LogP contribution in [0.25, 0.3) is 16.6 Å². The number of nitriles is 1. The molecule has 2 saturated heterocycles. The summed E-state index contributed by atoms with van der Waals surface area (Å²) in [6.45, 7) is 6.67. The van der Waals surface area contributed by atoms with Crippen molar-refractivity contribution >= 4 is 11.2 Å². The number of rotatable bonds is 3. The molecule has 7 nitrogen and oxygen atoms in total. The van der Waals surface area contributed by atoms with Gasteiger partial charge in [-0.1, -0.05) is 13.8 Å². The molecule has 0 spiro atoms. The van der Waals surface area contributed by atoms with E-state index in [0.29, 0.717) is 18.1 Å². The molecule has 7 heteroatoms. The van der Waals surface area contributed by atoms with E-state index in [1.54, 1.807) is 0 Å². The quantitative estimate of drug-likeness (QED) is 0.657. The van der Waals surface area contributed by atoms with Gasteiger partial charge in [0.05, 0.1) is 29.4 Å². The second kappa shape index (κ2) is 6.57. The minimum absolute atomic E-state index is 0.0991. The molecule has 1 aliphatic carbocycles. The topological polar surface area (TPSA) is 65.4 Å². The molecule has 3 fully saturated rings. The van der Waals surface area contributed by atoms with Crippen molar-refractivity contribution in [2.24, 2.45) is 18.4 Å². The Morgan fingerprint density at radius 3 is 2.52 bits per heavy atom. The van der Waals surface area contributed by atoms with Crippen LogP contribution < -0.4 is 4.90 Å². The number of anilines is 1. The first kappa shape index (κ1) is 18.9. The summed E-state index contributed by atoms with van der Waals surface area (Å²) in [7, 11) is 1.94. The van der Waals surface area contributed by atoms with Crippen molar-refractivity contribution in [3.05, 3.63) is 36.9 Å². The van der Waals surface area contributed by atoms with Crippen LogP contribution in [0.4, 0.5) is 5.69 Å². The first-order valence-corrected chi connectivity index (χ1v) is 11.3. The van der Waals surface area contributed by atoms with Gasteiger partial charge in [0.15, 0.2) is 0 Å². The lowest BCUT2D eigenvalue weighted by molar-refractivity contribution is -0.0657. The monoisotopic (exact) mass is 415 g/mol. The van der Waals surface area contributed by atoms with E-state index >= 15 is 0 Å². The molecule has 160 valence electrons. The van der Waals surface area contributed by atoms with Gasteiger partial charge in [-0.2, -0.15) is 15.5 Å². The van der Waals surface area contributed by atoms with Gasteiger partial charge in [-0.3, -0.25) is 9.58 Å². The van der Waals surface area contributed by atoms with Crippen LogP contribution in [-0.2, 0) is 7.05 Å². The molecule has 0 radical (unpaired) electrons. The Morgan fingerprint density at radius 1 is 1.10 bits per heavy atom. The molecular weight excluding hydrogens is 386 g/mol. The fourth-order valence-corrected chi connectivity index (χ4v) is 6.26.